The number of aromatic carboxylic acids is 1. The van der Waals surface area contributed by atoms with Gasteiger partial charge in [0.15, 0.2) is 5.75 Å². The topological polar surface area (TPSA) is 63.6 Å². The van der Waals surface area contributed by atoms with Crippen LogP contribution in [0, 0.1) is 7.14 Å². The summed E-state index contributed by atoms with van der Waals surface area (Å²) in [6.07, 6.45) is 1.69. The van der Waals surface area contributed by atoms with Gasteiger partial charge in [-0.2, -0.15) is 0 Å². The fraction of sp³-hybridized carbons (Fsp3) is 0. The number of rotatable bonds is 4. The molecular formula is C16H10I2O4. The van der Waals surface area contributed by atoms with Gasteiger partial charge >= 0.3 is 11.9 Å². The number of carbonyl (C=O) groups is 2. The molecule has 1 N–H and O–H groups in total. The van der Waals surface area contributed by atoms with Crippen molar-refractivity contribution in [3.63, 3.8) is 0 Å². The quantitative estimate of drug-likeness (QED) is 0.368. The molecule has 2 aromatic carbocycles. The van der Waals surface area contributed by atoms with Crippen LogP contribution in [0.4, 0.5) is 0 Å². The summed E-state index contributed by atoms with van der Waals surface area (Å²) in [6.45, 7) is 3.65. The van der Waals surface area contributed by atoms with Gasteiger partial charge in [0.2, 0.25) is 0 Å². The van der Waals surface area contributed by atoms with Crippen molar-refractivity contribution in [1.82, 2.24) is 0 Å². The molecule has 22 heavy (non-hydrogen) atoms. The lowest BCUT2D eigenvalue weighted by atomic mass is 10.1. The normalized spacial score (nSPS) is 10.1. The summed E-state index contributed by atoms with van der Waals surface area (Å²) in [7, 11) is 0. The fourth-order valence-corrected chi connectivity index (χ4v) is 3.68. The Morgan fingerprint density at radius 2 is 1.59 bits per heavy atom. The van der Waals surface area contributed by atoms with Gasteiger partial charge in [-0.25, -0.2) is 9.59 Å². The van der Waals surface area contributed by atoms with E-state index in [0.717, 1.165) is 5.56 Å². The molecule has 0 heterocycles. The molecule has 0 amide bonds. The molecule has 0 spiro atoms. The minimum absolute atomic E-state index is 0.156. The maximum absolute atomic E-state index is 12.2. The van der Waals surface area contributed by atoms with Gasteiger partial charge in [0.1, 0.15) is 0 Å². The van der Waals surface area contributed by atoms with Crippen LogP contribution < -0.4 is 4.74 Å². The maximum Gasteiger partial charge on any atom is 0.343 e. The predicted octanol–water partition coefficient (Wildman–Crippen LogP) is 4.46. The molecule has 0 aliphatic rings. The van der Waals surface area contributed by atoms with Gasteiger partial charge < -0.3 is 9.84 Å². The Labute approximate surface area is 154 Å². The maximum atomic E-state index is 12.2. The monoisotopic (exact) mass is 520 g/mol. The van der Waals surface area contributed by atoms with Crippen LogP contribution in [0.15, 0.2) is 43.0 Å². The zero-order valence-electron chi connectivity index (χ0n) is 11.2. The third-order valence-electron chi connectivity index (χ3n) is 2.82. The summed E-state index contributed by atoms with van der Waals surface area (Å²) < 4.78 is 6.53. The van der Waals surface area contributed by atoms with Crippen molar-refractivity contribution in [2.75, 3.05) is 0 Å². The van der Waals surface area contributed by atoms with E-state index in [0.29, 0.717) is 18.5 Å². The zero-order valence-corrected chi connectivity index (χ0v) is 15.5. The first-order valence-electron chi connectivity index (χ1n) is 6.09. The lowest BCUT2D eigenvalue weighted by molar-refractivity contribution is 0.0696. The molecule has 2 aromatic rings. The molecule has 0 radical (unpaired) electrons. The highest BCUT2D eigenvalue weighted by molar-refractivity contribution is 14.1. The number of hydrogen-bond acceptors (Lipinski definition) is 3. The largest absolute Gasteiger partial charge is 0.478 e. The van der Waals surface area contributed by atoms with Gasteiger partial charge in [0.25, 0.3) is 0 Å². The van der Waals surface area contributed by atoms with Crippen LogP contribution in [-0.2, 0) is 0 Å². The van der Waals surface area contributed by atoms with Crippen molar-refractivity contribution in [2.24, 2.45) is 0 Å². The second kappa shape index (κ2) is 7.23. The third-order valence-corrected chi connectivity index (χ3v) is 4.42. The summed E-state index contributed by atoms with van der Waals surface area (Å²) >= 11 is 3.90. The number of carbonyl (C=O) groups excluding carboxylic acids is 1. The number of carboxylic acids is 1. The van der Waals surface area contributed by atoms with E-state index in [-0.39, 0.29) is 5.56 Å². The number of benzene rings is 2. The van der Waals surface area contributed by atoms with E-state index in [1.165, 1.54) is 12.1 Å². The molecule has 112 valence electrons. The Hall–Kier alpha value is -1.42. The molecule has 4 nitrogen and oxygen atoms in total. The van der Waals surface area contributed by atoms with Crippen molar-refractivity contribution in [3.05, 3.63) is 66.8 Å². The lowest BCUT2D eigenvalue weighted by Crippen LogP contribution is -2.11. The highest BCUT2D eigenvalue weighted by atomic mass is 127. The molecule has 0 atom stereocenters. The van der Waals surface area contributed by atoms with E-state index in [9.17, 15) is 9.59 Å². The van der Waals surface area contributed by atoms with E-state index >= 15 is 0 Å². The van der Waals surface area contributed by atoms with Crippen LogP contribution in [0.25, 0.3) is 6.08 Å². The molecular weight excluding hydrogens is 510 g/mol. The summed E-state index contributed by atoms with van der Waals surface area (Å²) in [5.41, 5.74) is 1.48. The van der Waals surface area contributed by atoms with Crippen LogP contribution in [0.3, 0.4) is 0 Å². The summed E-state index contributed by atoms with van der Waals surface area (Å²) in [6, 6.07) is 9.79. The minimum atomic E-state index is -1.02. The molecule has 0 saturated heterocycles. The average Bonchev–Trinajstić information content (AvgIpc) is 2.50. The Kier molecular flexibility index (Phi) is 5.57. The zero-order chi connectivity index (χ0) is 16.3. The number of carboxylic acid groups (broad SMARTS) is 1. The fourth-order valence-electron chi connectivity index (χ4n) is 1.69. The van der Waals surface area contributed by atoms with Crippen LogP contribution in [0.5, 0.6) is 5.75 Å². The lowest BCUT2D eigenvalue weighted by Gasteiger charge is -2.10. The van der Waals surface area contributed by atoms with Crippen molar-refractivity contribution < 1.29 is 19.4 Å². The highest BCUT2D eigenvalue weighted by Gasteiger charge is 2.16. The number of hydrogen-bond donors (Lipinski definition) is 1. The second-order valence-electron chi connectivity index (χ2n) is 4.29. The Bertz CT molecular complexity index is 728. The van der Waals surface area contributed by atoms with Gasteiger partial charge in [-0.3, -0.25) is 0 Å². The van der Waals surface area contributed by atoms with Crippen molar-refractivity contribution in [2.45, 2.75) is 0 Å². The standard InChI is InChI=1S/C16H10I2O4/c1-2-9-3-5-10(6-4-9)16(21)22-14-12(17)7-11(15(19)20)8-13(14)18/h2-8H,1H2,(H,19,20). The number of halogens is 2. The summed E-state index contributed by atoms with van der Waals surface area (Å²) in [4.78, 5) is 23.2. The van der Waals surface area contributed by atoms with Crippen LogP contribution in [0.1, 0.15) is 26.3 Å². The van der Waals surface area contributed by atoms with Crippen LogP contribution in [-0.4, -0.2) is 17.0 Å². The van der Waals surface area contributed by atoms with E-state index in [1.807, 2.05) is 45.2 Å². The number of esters is 1. The molecule has 0 saturated carbocycles. The minimum Gasteiger partial charge on any atom is -0.478 e. The first kappa shape index (κ1) is 16.9. The first-order valence-corrected chi connectivity index (χ1v) is 8.25. The molecule has 0 unspecified atom stereocenters. The molecule has 0 fully saturated rings. The molecule has 0 bridgehead atoms. The smallest absolute Gasteiger partial charge is 0.343 e. The molecule has 2 rings (SSSR count). The second-order valence-corrected chi connectivity index (χ2v) is 6.61. The highest BCUT2D eigenvalue weighted by Crippen LogP contribution is 2.29. The molecule has 6 heteroatoms. The van der Waals surface area contributed by atoms with Gasteiger partial charge in [0, 0.05) is 0 Å². The van der Waals surface area contributed by atoms with Crippen molar-refractivity contribution in [1.29, 1.82) is 0 Å². The average molecular weight is 520 g/mol. The van der Waals surface area contributed by atoms with Gasteiger partial charge in [-0.15, -0.1) is 0 Å². The van der Waals surface area contributed by atoms with Crippen LogP contribution >= 0.6 is 45.2 Å². The van der Waals surface area contributed by atoms with Gasteiger partial charge in [-0.1, -0.05) is 24.8 Å². The van der Waals surface area contributed by atoms with Gasteiger partial charge in [-0.05, 0) is 75.0 Å². The van der Waals surface area contributed by atoms with Crippen molar-refractivity contribution >= 4 is 63.2 Å². The summed E-state index contributed by atoms with van der Waals surface area (Å²) in [5, 5.41) is 9.01. The van der Waals surface area contributed by atoms with E-state index in [2.05, 4.69) is 6.58 Å². The van der Waals surface area contributed by atoms with E-state index in [1.54, 1.807) is 30.3 Å². The van der Waals surface area contributed by atoms with E-state index in [4.69, 9.17) is 9.84 Å². The Morgan fingerprint density at radius 3 is 2.05 bits per heavy atom. The number of ether oxygens (including phenoxy) is 1. The third kappa shape index (κ3) is 3.86. The van der Waals surface area contributed by atoms with E-state index < -0.39 is 11.9 Å². The van der Waals surface area contributed by atoms with Crippen LogP contribution in [0.2, 0.25) is 0 Å². The predicted molar refractivity (Wildman–Crippen MR) is 100 cm³/mol. The Balaban J connectivity index is 2.27. The Morgan fingerprint density at radius 1 is 1.05 bits per heavy atom. The molecule has 0 aliphatic heterocycles. The summed E-state index contributed by atoms with van der Waals surface area (Å²) in [5.74, 6) is -1.15. The van der Waals surface area contributed by atoms with Gasteiger partial charge in [0.05, 0.1) is 18.3 Å². The molecule has 0 aliphatic carbocycles. The van der Waals surface area contributed by atoms with Crippen molar-refractivity contribution in [3.8, 4) is 5.75 Å². The first-order chi connectivity index (χ1) is 10.4. The molecule has 0 aromatic heterocycles. The SMILES string of the molecule is C=Cc1ccc(C(=O)Oc2c(I)cc(C(=O)O)cc2I)cc1.